The van der Waals surface area contributed by atoms with Crippen LogP contribution in [0.4, 0.5) is 0 Å². The normalized spacial score (nSPS) is 10.5. The molecule has 0 spiro atoms. The van der Waals surface area contributed by atoms with Gasteiger partial charge in [-0.25, -0.2) is 0 Å². The predicted octanol–water partition coefficient (Wildman–Crippen LogP) is 5.67. The second kappa shape index (κ2) is 8.06. The first-order valence-electron chi connectivity index (χ1n) is 7.21. The fourth-order valence-corrected chi connectivity index (χ4v) is 3.69. The number of pyridine rings is 1. The lowest BCUT2D eigenvalue weighted by Gasteiger charge is -2.05. The van der Waals surface area contributed by atoms with Crippen molar-refractivity contribution in [1.29, 1.82) is 0 Å². The van der Waals surface area contributed by atoms with E-state index in [2.05, 4.69) is 66.7 Å². The summed E-state index contributed by atoms with van der Waals surface area (Å²) in [6.45, 7) is 0. The Bertz CT molecular complexity index is 640. The predicted molar refractivity (Wildman–Crippen MR) is 96.2 cm³/mol. The SMILES string of the molecule is c1ccc(SCc2cccc(CSc3ccccc3)n2)cc1. The van der Waals surface area contributed by atoms with Crippen LogP contribution in [-0.2, 0) is 11.5 Å². The van der Waals surface area contributed by atoms with Crippen LogP contribution in [0.15, 0.2) is 88.7 Å². The van der Waals surface area contributed by atoms with E-state index in [1.165, 1.54) is 9.79 Å². The van der Waals surface area contributed by atoms with Gasteiger partial charge in [-0.15, -0.1) is 23.5 Å². The third kappa shape index (κ3) is 4.65. The van der Waals surface area contributed by atoms with E-state index >= 15 is 0 Å². The number of hydrogen-bond acceptors (Lipinski definition) is 3. The molecule has 0 amide bonds. The van der Waals surface area contributed by atoms with E-state index in [4.69, 9.17) is 4.98 Å². The lowest BCUT2D eigenvalue weighted by molar-refractivity contribution is 1.09. The average molecular weight is 323 g/mol. The maximum Gasteiger partial charge on any atom is 0.0509 e. The number of aromatic nitrogens is 1. The van der Waals surface area contributed by atoms with Crippen LogP contribution in [0.5, 0.6) is 0 Å². The minimum atomic E-state index is 0.911. The summed E-state index contributed by atoms with van der Waals surface area (Å²) >= 11 is 3.65. The first-order chi connectivity index (χ1) is 10.9. The molecule has 1 aromatic heterocycles. The molecular formula is C19H17NS2. The Morgan fingerprint density at radius 1 is 0.545 bits per heavy atom. The maximum atomic E-state index is 4.76. The molecule has 0 radical (unpaired) electrons. The third-order valence-corrected chi connectivity index (χ3v) is 5.22. The summed E-state index contributed by atoms with van der Waals surface area (Å²) in [7, 11) is 0. The van der Waals surface area contributed by atoms with Crippen molar-refractivity contribution >= 4 is 23.5 Å². The minimum Gasteiger partial charge on any atom is -0.256 e. The fourth-order valence-electron chi connectivity index (χ4n) is 2.04. The Morgan fingerprint density at radius 2 is 1.00 bits per heavy atom. The van der Waals surface area contributed by atoms with Gasteiger partial charge in [0.1, 0.15) is 0 Å². The van der Waals surface area contributed by atoms with Crippen molar-refractivity contribution in [2.24, 2.45) is 0 Å². The van der Waals surface area contributed by atoms with Crippen molar-refractivity contribution in [2.75, 3.05) is 0 Å². The molecule has 0 N–H and O–H groups in total. The largest absolute Gasteiger partial charge is 0.256 e. The molecule has 3 aromatic rings. The van der Waals surface area contributed by atoms with E-state index < -0.39 is 0 Å². The van der Waals surface area contributed by atoms with Gasteiger partial charge in [0.2, 0.25) is 0 Å². The van der Waals surface area contributed by atoms with Gasteiger partial charge in [-0.3, -0.25) is 4.98 Å². The summed E-state index contributed by atoms with van der Waals surface area (Å²) < 4.78 is 0. The first kappa shape index (κ1) is 15.2. The van der Waals surface area contributed by atoms with Gasteiger partial charge in [-0.1, -0.05) is 42.5 Å². The highest BCUT2D eigenvalue weighted by Gasteiger charge is 2.01. The van der Waals surface area contributed by atoms with Crippen molar-refractivity contribution in [3.63, 3.8) is 0 Å². The second-order valence-electron chi connectivity index (χ2n) is 4.82. The van der Waals surface area contributed by atoms with Crippen molar-refractivity contribution in [2.45, 2.75) is 21.3 Å². The molecule has 22 heavy (non-hydrogen) atoms. The summed E-state index contributed by atoms with van der Waals surface area (Å²) in [5.74, 6) is 1.82. The molecule has 0 saturated carbocycles. The number of rotatable bonds is 6. The van der Waals surface area contributed by atoms with Crippen molar-refractivity contribution in [3.05, 3.63) is 90.3 Å². The number of hydrogen-bond donors (Lipinski definition) is 0. The maximum absolute atomic E-state index is 4.76. The van der Waals surface area contributed by atoms with Gasteiger partial charge in [0.25, 0.3) is 0 Å². The molecule has 0 atom stereocenters. The fraction of sp³-hybridized carbons (Fsp3) is 0.105. The highest BCUT2D eigenvalue weighted by atomic mass is 32.2. The summed E-state index contributed by atoms with van der Waals surface area (Å²) in [5, 5.41) is 0. The van der Waals surface area contributed by atoms with Crippen LogP contribution in [0, 0.1) is 0 Å². The molecule has 0 unspecified atom stereocenters. The van der Waals surface area contributed by atoms with Crippen LogP contribution in [0.3, 0.4) is 0 Å². The quantitative estimate of drug-likeness (QED) is 0.543. The molecule has 110 valence electrons. The van der Waals surface area contributed by atoms with E-state index in [-0.39, 0.29) is 0 Å². The highest BCUT2D eigenvalue weighted by Crippen LogP contribution is 2.24. The van der Waals surface area contributed by atoms with E-state index in [0.717, 1.165) is 22.9 Å². The summed E-state index contributed by atoms with van der Waals surface area (Å²) in [4.78, 5) is 7.33. The van der Waals surface area contributed by atoms with Gasteiger partial charge >= 0.3 is 0 Å². The molecule has 0 fully saturated rings. The number of nitrogens with zero attached hydrogens (tertiary/aromatic N) is 1. The molecule has 3 rings (SSSR count). The van der Waals surface area contributed by atoms with Gasteiger partial charge in [0.15, 0.2) is 0 Å². The molecule has 3 heteroatoms. The monoisotopic (exact) mass is 323 g/mol. The van der Waals surface area contributed by atoms with Crippen LogP contribution >= 0.6 is 23.5 Å². The van der Waals surface area contributed by atoms with Gasteiger partial charge in [0, 0.05) is 21.3 Å². The van der Waals surface area contributed by atoms with E-state index in [1.807, 2.05) is 35.7 Å². The molecule has 0 bridgehead atoms. The van der Waals surface area contributed by atoms with E-state index in [0.29, 0.717) is 0 Å². The van der Waals surface area contributed by atoms with Gasteiger partial charge in [-0.2, -0.15) is 0 Å². The van der Waals surface area contributed by atoms with Crippen molar-refractivity contribution in [1.82, 2.24) is 4.98 Å². The molecule has 0 saturated heterocycles. The molecule has 1 nitrogen and oxygen atoms in total. The zero-order valence-corrected chi connectivity index (χ0v) is 13.8. The molecule has 0 aliphatic heterocycles. The summed E-state index contributed by atoms with van der Waals surface area (Å²) in [6, 6.07) is 27.2. The molecule has 0 aliphatic rings. The van der Waals surface area contributed by atoms with Gasteiger partial charge in [-0.05, 0) is 36.4 Å². The Labute approximate surface area is 140 Å². The van der Waals surface area contributed by atoms with Crippen LogP contribution < -0.4 is 0 Å². The average Bonchev–Trinajstić information content (AvgIpc) is 2.60. The summed E-state index contributed by atoms with van der Waals surface area (Å²) in [6.07, 6.45) is 0. The van der Waals surface area contributed by atoms with Crippen LogP contribution in [0.2, 0.25) is 0 Å². The Balaban J connectivity index is 1.58. The van der Waals surface area contributed by atoms with Crippen molar-refractivity contribution < 1.29 is 0 Å². The van der Waals surface area contributed by atoms with E-state index in [1.54, 1.807) is 0 Å². The zero-order valence-electron chi connectivity index (χ0n) is 12.2. The molecule has 2 aromatic carbocycles. The van der Waals surface area contributed by atoms with Crippen molar-refractivity contribution in [3.8, 4) is 0 Å². The standard InChI is InChI=1S/C19H17NS2/c1-3-10-18(11-4-1)21-14-16-8-7-9-17(20-16)15-22-19-12-5-2-6-13-19/h1-13H,14-15H2. The lowest BCUT2D eigenvalue weighted by atomic mass is 10.3. The zero-order chi connectivity index (χ0) is 15.0. The minimum absolute atomic E-state index is 0.911. The smallest absolute Gasteiger partial charge is 0.0509 e. The van der Waals surface area contributed by atoms with Crippen LogP contribution in [0.25, 0.3) is 0 Å². The Hall–Kier alpha value is -1.71. The lowest BCUT2D eigenvalue weighted by Crippen LogP contribution is -1.92. The third-order valence-electron chi connectivity index (χ3n) is 3.12. The number of benzene rings is 2. The van der Waals surface area contributed by atoms with Crippen LogP contribution in [0.1, 0.15) is 11.4 Å². The van der Waals surface area contributed by atoms with E-state index in [9.17, 15) is 0 Å². The Morgan fingerprint density at radius 3 is 1.45 bits per heavy atom. The topological polar surface area (TPSA) is 12.9 Å². The highest BCUT2D eigenvalue weighted by molar-refractivity contribution is 7.98. The van der Waals surface area contributed by atoms with Gasteiger partial charge in [0.05, 0.1) is 11.4 Å². The molecule has 1 heterocycles. The van der Waals surface area contributed by atoms with Gasteiger partial charge < -0.3 is 0 Å². The molecular weight excluding hydrogens is 306 g/mol. The first-order valence-corrected chi connectivity index (χ1v) is 9.18. The molecule has 0 aliphatic carbocycles. The summed E-state index contributed by atoms with van der Waals surface area (Å²) in [5.41, 5.74) is 2.28. The second-order valence-corrected chi connectivity index (χ2v) is 6.92. The van der Waals surface area contributed by atoms with Crippen LogP contribution in [-0.4, -0.2) is 4.98 Å². The Kier molecular flexibility index (Phi) is 5.57. The number of thioether (sulfide) groups is 2.